The van der Waals surface area contributed by atoms with E-state index in [4.69, 9.17) is 6.57 Å². The Morgan fingerprint density at radius 3 is 0.900 bits per heavy atom. The molecular formula is C135H75N15. The molecule has 150 heavy (non-hydrogen) atoms. The summed E-state index contributed by atoms with van der Waals surface area (Å²) in [4.78, 5) is 3.74. The minimum atomic E-state index is 0.550. The molecule has 690 valence electrons. The number of rotatable bonds is 12. The number of fused-ring (bicyclic) bond motifs is 18. The summed E-state index contributed by atoms with van der Waals surface area (Å²) in [5, 5.41) is 91.5. The molecule has 0 fully saturated rings. The minimum absolute atomic E-state index is 0.550. The van der Waals surface area contributed by atoms with Crippen LogP contribution in [0.5, 0.6) is 0 Å². The zero-order chi connectivity index (χ0) is 101. The van der Waals surface area contributed by atoms with Gasteiger partial charge in [0.25, 0.3) is 0 Å². The van der Waals surface area contributed by atoms with Crippen molar-refractivity contribution in [2.24, 2.45) is 0 Å². The predicted molar refractivity (Wildman–Crippen MR) is 602 cm³/mol. The van der Waals surface area contributed by atoms with Crippen LogP contribution in [-0.2, 0) is 0 Å². The number of para-hydroxylation sites is 10. The lowest BCUT2D eigenvalue weighted by atomic mass is 9.91. The van der Waals surface area contributed by atoms with E-state index >= 15 is 0 Å². The fraction of sp³-hybridized carbons (Fsp3) is 0. The molecule has 0 saturated heterocycles. The number of nitriles is 8. The van der Waals surface area contributed by atoms with Crippen LogP contribution < -0.4 is 0 Å². The number of aromatic nitrogens is 6. The molecular weight excluding hydrogens is 1830 g/mol. The van der Waals surface area contributed by atoms with Crippen LogP contribution in [0.1, 0.15) is 44.5 Å². The molecule has 0 aliphatic rings. The van der Waals surface area contributed by atoms with E-state index in [1.165, 1.54) is 10.8 Å². The van der Waals surface area contributed by atoms with Gasteiger partial charge in [-0.25, -0.2) is 4.85 Å². The van der Waals surface area contributed by atoms with E-state index in [0.717, 1.165) is 221 Å². The summed E-state index contributed by atoms with van der Waals surface area (Å²) >= 11 is 0. The molecule has 27 aromatic rings. The monoisotopic (exact) mass is 1910 g/mol. The fourth-order valence-corrected chi connectivity index (χ4v) is 22.3. The van der Waals surface area contributed by atoms with Crippen LogP contribution in [-0.4, -0.2) is 27.4 Å². The van der Waals surface area contributed by atoms with Gasteiger partial charge in [-0.05, 0) is 256 Å². The summed E-state index contributed by atoms with van der Waals surface area (Å²) in [5.41, 5.74) is 35.3. The van der Waals surface area contributed by atoms with Gasteiger partial charge in [0.15, 0.2) is 5.69 Å². The third-order valence-corrected chi connectivity index (χ3v) is 28.9. The van der Waals surface area contributed by atoms with Crippen molar-refractivity contribution in [3.8, 4) is 149 Å². The Morgan fingerprint density at radius 1 is 0.173 bits per heavy atom. The molecule has 0 aliphatic heterocycles. The first-order valence-electron chi connectivity index (χ1n) is 48.8. The molecule has 0 bridgehead atoms. The highest BCUT2D eigenvalue weighted by molar-refractivity contribution is 6.17. The van der Waals surface area contributed by atoms with Gasteiger partial charge in [-0.2, -0.15) is 42.1 Å². The first kappa shape index (κ1) is 89.2. The second kappa shape index (κ2) is 37.0. The molecule has 15 nitrogen and oxygen atoms in total. The maximum Gasteiger partial charge on any atom is 0.189 e. The van der Waals surface area contributed by atoms with Gasteiger partial charge >= 0.3 is 0 Å². The Kier molecular flexibility index (Phi) is 22.0. The molecule has 0 N–H and O–H groups in total. The van der Waals surface area contributed by atoms with E-state index in [9.17, 15) is 42.1 Å². The summed E-state index contributed by atoms with van der Waals surface area (Å²) < 4.78 is 13.4. The molecule has 0 atom stereocenters. The van der Waals surface area contributed by atoms with Crippen molar-refractivity contribution in [1.82, 2.24) is 27.4 Å². The minimum Gasteiger partial charge on any atom is -0.310 e. The summed E-state index contributed by atoms with van der Waals surface area (Å²) in [7, 11) is 0. The number of benzene rings is 21. The first-order chi connectivity index (χ1) is 74.0. The van der Waals surface area contributed by atoms with Gasteiger partial charge in [0.1, 0.15) is 6.07 Å². The van der Waals surface area contributed by atoms with Crippen molar-refractivity contribution in [3.63, 3.8) is 0 Å². The summed E-state index contributed by atoms with van der Waals surface area (Å²) in [5.74, 6) is 0. The third kappa shape index (κ3) is 14.8. The molecule has 0 radical (unpaired) electrons. The Hall–Kier alpha value is -22.2. The lowest BCUT2D eigenvalue weighted by Crippen LogP contribution is -1.99. The normalized spacial score (nSPS) is 11.1. The number of hydrogen-bond donors (Lipinski definition) is 0. The first-order valence-corrected chi connectivity index (χ1v) is 48.8. The van der Waals surface area contributed by atoms with Crippen LogP contribution in [0.25, 0.3) is 237 Å². The molecule has 0 amide bonds. The second-order valence-electron chi connectivity index (χ2n) is 36.9. The van der Waals surface area contributed by atoms with Crippen molar-refractivity contribution in [2.75, 3.05) is 0 Å². The van der Waals surface area contributed by atoms with Gasteiger partial charge < -0.3 is 27.4 Å². The van der Waals surface area contributed by atoms with Gasteiger partial charge in [0, 0.05) is 104 Å². The highest BCUT2D eigenvalue weighted by Gasteiger charge is 2.27. The molecule has 21 aromatic carbocycles. The van der Waals surface area contributed by atoms with Crippen molar-refractivity contribution < 1.29 is 0 Å². The van der Waals surface area contributed by atoms with Crippen LogP contribution in [0.2, 0.25) is 0 Å². The largest absolute Gasteiger partial charge is 0.310 e. The van der Waals surface area contributed by atoms with E-state index in [0.29, 0.717) is 50.2 Å². The van der Waals surface area contributed by atoms with Crippen molar-refractivity contribution in [3.05, 3.63) is 511 Å². The zero-order valence-corrected chi connectivity index (χ0v) is 80.0. The highest BCUT2D eigenvalue weighted by Crippen LogP contribution is 2.48. The fourth-order valence-electron chi connectivity index (χ4n) is 22.3. The van der Waals surface area contributed by atoms with E-state index in [-0.39, 0.29) is 0 Å². The lowest BCUT2D eigenvalue weighted by molar-refractivity contribution is 1.18. The summed E-state index contributed by atoms with van der Waals surface area (Å²) in [6.45, 7) is 7.70. The van der Waals surface area contributed by atoms with Crippen LogP contribution in [0, 0.1) is 97.2 Å². The quantitative estimate of drug-likeness (QED) is 0.107. The molecule has 15 heteroatoms. The van der Waals surface area contributed by atoms with Gasteiger partial charge in [-0.15, -0.1) is 0 Å². The molecule has 0 saturated carbocycles. The maximum absolute atomic E-state index is 10.2. The Bertz CT molecular complexity index is 10800. The SMILES string of the molecule is N#Cc1ccc(-c2ccc(-n3c4ccc(C#N)cc4c4c(C#N)cccc43)cc2)c(-c2ccccc2-n2c3ccccc3c3ccccc32)c1.N#Cc1ccc(-c2ccccc2-n2c3ccccc3c3cccc(C#N)c32)c(-c2ccc(-n3c4ccccc4c4cc(C#N)ccc43)cc2)c1.[C-]#[N+]c1ccc2c3ccccc3n(-c3ccccc3-c3ccc(C#N)cc3-c3ccc(-n4c5ccccc5c5cc(C#N)ccc54)cc3)c2c1. The van der Waals surface area contributed by atoms with Crippen molar-refractivity contribution in [1.29, 1.82) is 42.1 Å². The van der Waals surface area contributed by atoms with Gasteiger partial charge in [0.2, 0.25) is 0 Å². The predicted octanol–water partition coefficient (Wildman–Crippen LogP) is 33.2. The summed E-state index contributed by atoms with van der Waals surface area (Å²) in [6.07, 6.45) is 0. The van der Waals surface area contributed by atoms with Crippen molar-refractivity contribution in [2.45, 2.75) is 0 Å². The topological polar surface area (TPSA) is 224 Å². The second-order valence-corrected chi connectivity index (χ2v) is 36.9. The highest BCUT2D eigenvalue weighted by atomic mass is 15.0. The van der Waals surface area contributed by atoms with Crippen LogP contribution >= 0.6 is 0 Å². The molecule has 27 rings (SSSR count). The molecule has 6 heterocycles. The molecule has 0 aliphatic carbocycles. The van der Waals surface area contributed by atoms with Crippen LogP contribution in [0.3, 0.4) is 0 Å². The van der Waals surface area contributed by atoms with E-state index in [1.807, 2.05) is 237 Å². The Labute approximate surface area is 860 Å². The summed E-state index contributed by atoms with van der Waals surface area (Å²) in [6, 6.07) is 171. The van der Waals surface area contributed by atoms with Gasteiger partial charge in [-0.3, -0.25) is 0 Å². The standard InChI is InChI=1S/3C45H25N5/c1-48-32-18-22-38-36-9-3-7-13-43(36)50(45(38)26-32)42-12-6-2-8-35(42)34-21-14-29(27-46)24-39(34)31-16-19-33(20-17-31)49-41-11-5-4-10-37(41)40-25-30(28-47)15-23-44(40)49;46-26-29-16-22-34(35-9-1-5-14-42(35)50-43-15-6-2-10-36(43)38-12-7-8-32(28-48)45(38)50)39(24-29)31-18-20-33(21-19-31)49-41-13-4-3-11-37(41)40-25-30(27-47)17-23-44(40)49;46-26-29-16-22-34(38(24-29)37-11-3-6-14-42(37)50-40-12-4-1-9-35(40)36-10-2-5-13-41(36)50)31-18-20-33(21-19-31)49-43-23-17-30(27-47)25-39(43)45-32(28-48)8-7-15-44(45)49/h2-26H;2*1-25H. The average Bonchev–Trinajstić information content (AvgIpc) is 1.58. The van der Waals surface area contributed by atoms with Crippen molar-refractivity contribution >= 4 is 137 Å². The van der Waals surface area contributed by atoms with E-state index < -0.39 is 0 Å². The van der Waals surface area contributed by atoms with E-state index in [2.05, 4.69) is 299 Å². The van der Waals surface area contributed by atoms with E-state index in [1.54, 1.807) is 0 Å². The smallest absolute Gasteiger partial charge is 0.189 e. The number of hydrogen-bond acceptors (Lipinski definition) is 8. The Balaban J connectivity index is 0.000000116. The van der Waals surface area contributed by atoms with Gasteiger partial charge in [-0.1, -0.05) is 249 Å². The van der Waals surface area contributed by atoms with Crippen LogP contribution in [0.4, 0.5) is 5.69 Å². The van der Waals surface area contributed by atoms with Gasteiger partial charge in [0.05, 0.1) is 171 Å². The van der Waals surface area contributed by atoms with Crippen LogP contribution in [0.15, 0.2) is 455 Å². The molecule has 0 spiro atoms. The number of nitrogens with zero attached hydrogens (tertiary/aromatic N) is 15. The third-order valence-electron chi connectivity index (χ3n) is 28.9. The average molecular weight is 1910 g/mol. The maximum atomic E-state index is 10.2. The Morgan fingerprint density at radius 2 is 0.467 bits per heavy atom. The molecule has 0 unspecified atom stereocenters. The molecule has 6 aromatic heterocycles. The lowest BCUT2D eigenvalue weighted by Gasteiger charge is -2.18. The zero-order valence-electron chi connectivity index (χ0n) is 80.0.